The molecule has 0 fully saturated rings. The Morgan fingerprint density at radius 2 is 2.57 bits per heavy atom. The summed E-state index contributed by atoms with van der Waals surface area (Å²) < 4.78 is 0. The van der Waals surface area contributed by atoms with Crippen LogP contribution in [0.2, 0.25) is 0 Å². The molecular weight excluding hydrogens is 212 g/mol. The minimum Gasteiger partial charge on any atom is -0.360 e. The van der Waals surface area contributed by atoms with Crippen molar-refractivity contribution in [1.29, 1.82) is 0 Å². The molecule has 1 aromatic rings. The Hall–Kier alpha value is -0.480. The first-order valence-electron chi connectivity index (χ1n) is 4.78. The van der Waals surface area contributed by atoms with E-state index in [1.54, 1.807) is 11.3 Å². The molecule has 1 N–H and O–H groups in total. The molecule has 1 atom stereocenters. The van der Waals surface area contributed by atoms with Crippen LogP contribution in [0, 0.1) is 5.92 Å². The second kappa shape index (κ2) is 4.84. The van der Waals surface area contributed by atoms with Crippen LogP contribution in [0.1, 0.15) is 11.8 Å². The van der Waals surface area contributed by atoms with Gasteiger partial charge >= 0.3 is 0 Å². The van der Waals surface area contributed by atoms with E-state index < -0.39 is 0 Å². The SMILES string of the molecule is CC1CN=C(NCc2cccs2)SC1. The zero-order chi connectivity index (χ0) is 9.80. The summed E-state index contributed by atoms with van der Waals surface area (Å²) in [4.78, 5) is 5.85. The zero-order valence-corrected chi connectivity index (χ0v) is 9.83. The highest BCUT2D eigenvalue weighted by Gasteiger charge is 2.11. The van der Waals surface area contributed by atoms with Crippen molar-refractivity contribution in [3.05, 3.63) is 22.4 Å². The number of thiophene rings is 1. The molecule has 2 heterocycles. The molecule has 1 aliphatic rings. The van der Waals surface area contributed by atoms with Crippen molar-refractivity contribution in [1.82, 2.24) is 5.32 Å². The summed E-state index contributed by atoms with van der Waals surface area (Å²) in [5, 5.41) is 6.58. The molecule has 1 aromatic heterocycles. The maximum atomic E-state index is 4.48. The van der Waals surface area contributed by atoms with Crippen LogP contribution in [-0.4, -0.2) is 17.5 Å². The van der Waals surface area contributed by atoms with Crippen molar-refractivity contribution in [2.75, 3.05) is 12.3 Å². The molecule has 0 saturated carbocycles. The average Bonchev–Trinajstić information content (AvgIpc) is 2.70. The van der Waals surface area contributed by atoms with Crippen molar-refractivity contribution in [3.8, 4) is 0 Å². The maximum Gasteiger partial charge on any atom is 0.156 e. The molecular formula is C10H14N2S2. The van der Waals surface area contributed by atoms with Crippen LogP contribution in [0.3, 0.4) is 0 Å². The lowest BCUT2D eigenvalue weighted by Crippen LogP contribution is -2.25. The van der Waals surface area contributed by atoms with Gasteiger partial charge in [0.25, 0.3) is 0 Å². The van der Waals surface area contributed by atoms with Gasteiger partial charge in [-0.25, -0.2) is 0 Å². The van der Waals surface area contributed by atoms with Crippen LogP contribution >= 0.6 is 23.1 Å². The standard InChI is InChI=1S/C10H14N2S2/c1-8-5-11-10(14-7-8)12-6-9-3-2-4-13-9/h2-4,8H,5-7H2,1H3,(H,11,12). The first-order valence-corrected chi connectivity index (χ1v) is 6.64. The van der Waals surface area contributed by atoms with Crippen LogP contribution in [0.15, 0.2) is 22.5 Å². The first kappa shape index (κ1) is 10.1. The second-order valence-corrected chi connectivity index (χ2v) is 5.54. The lowest BCUT2D eigenvalue weighted by Gasteiger charge is -2.17. The molecule has 0 aromatic carbocycles. The van der Waals surface area contributed by atoms with Crippen molar-refractivity contribution in [3.63, 3.8) is 0 Å². The Kier molecular flexibility index (Phi) is 3.48. The summed E-state index contributed by atoms with van der Waals surface area (Å²) >= 11 is 3.62. The Labute approximate surface area is 92.8 Å². The number of rotatable bonds is 2. The van der Waals surface area contributed by atoms with Gasteiger partial charge in [0.15, 0.2) is 5.17 Å². The molecule has 0 saturated heterocycles. The molecule has 2 rings (SSSR count). The first-order chi connectivity index (χ1) is 6.84. The summed E-state index contributed by atoms with van der Waals surface area (Å²) in [7, 11) is 0. The summed E-state index contributed by atoms with van der Waals surface area (Å²) in [5.41, 5.74) is 0. The monoisotopic (exact) mass is 226 g/mol. The van der Waals surface area contributed by atoms with Gasteiger partial charge in [-0.3, -0.25) is 4.99 Å². The number of amidine groups is 1. The smallest absolute Gasteiger partial charge is 0.156 e. The molecule has 0 amide bonds. The third-order valence-electron chi connectivity index (χ3n) is 2.05. The number of hydrogen-bond donors (Lipinski definition) is 1. The van der Waals surface area contributed by atoms with E-state index in [0.717, 1.165) is 24.2 Å². The Morgan fingerprint density at radius 1 is 1.64 bits per heavy atom. The molecule has 76 valence electrons. The molecule has 0 bridgehead atoms. The molecule has 1 unspecified atom stereocenters. The van der Waals surface area contributed by atoms with Gasteiger partial charge in [-0.2, -0.15) is 0 Å². The molecule has 0 radical (unpaired) electrons. The van der Waals surface area contributed by atoms with E-state index in [1.165, 1.54) is 10.6 Å². The van der Waals surface area contributed by atoms with Crippen LogP contribution < -0.4 is 5.32 Å². The van der Waals surface area contributed by atoms with E-state index in [2.05, 4.69) is 34.7 Å². The number of hydrogen-bond acceptors (Lipinski definition) is 4. The number of thioether (sulfide) groups is 1. The molecule has 4 heteroatoms. The van der Waals surface area contributed by atoms with Crippen molar-refractivity contribution in [2.45, 2.75) is 13.5 Å². The summed E-state index contributed by atoms with van der Waals surface area (Å²) in [6, 6.07) is 4.23. The Balaban J connectivity index is 1.81. The summed E-state index contributed by atoms with van der Waals surface area (Å²) in [6.07, 6.45) is 0. The van der Waals surface area contributed by atoms with Gasteiger partial charge in [0.2, 0.25) is 0 Å². The van der Waals surface area contributed by atoms with Crippen molar-refractivity contribution in [2.24, 2.45) is 10.9 Å². The highest BCUT2D eigenvalue weighted by atomic mass is 32.2. The Morgan fingerprint density at radius 3 is 3.21 bits per heavy atom. The van der Waals surface area contributed by atoms with E-state index in [9.17, 15) is 0 Å². The summed E-state index contributed by atoms with van der Waals surface area (Å²) in [5.74, 6) is 1.92. The predicted octanol–water partition coefficient (Wildman–Crippen LogP) is 2.58. The number of nitrogens with zero attached hydrogens (tertiary/aromatic N) is 1. The predicted molar refractivity (Wildman–Crippen MR) is 65.1 cm³/mol. The van der Waals surface area contributed by atoms with E-state index in [1.807, 2.05) is 11.8 Å². The average molecular weight is 226 g/mol. The third-order valence-corrected chi connectivity index (χ3v) is 4.20. The van der Waals surface area contributed by atoms with Gasteiger partial charge in [0.1, 0.15) is 0 Å². The fourth-order valence-electron chi connectivity index (χ4n) is 1.24. The van der Waals surface area contributed by atoms with Crippen molar-refractivity contribution < 1.29 is 0 Å². The normalized spacial score (nSPS) is 21.8. The minimum atomic E-state index is 0.729. The molecule has 2 nitrogen and oxygen atoms in total. The van der Waals surface area contributed by atoms with E-state index in [4.69, 9.17) is 0 Å². The quantitative estimate of drug-likeness (QED) is 0.838. The van der Waals surface area contributed by atoms with Gasteiger partial charge in [0, 0.05) is 17.2 Å². The maximum absolute atomic E-state index is 4.48. The third kappa shape index (κ3) is 2.75. The molecule has 1 aliphatic heterocycles. The zero-order valence-electron chi connectivity index (χ0n) is 8.19. The minimum absolute atomic E-state index is 0.729. The highest BCUT2D eigenvalue weighted by Crippen LogP contribution is 2.16. The fourth-order valence-corrected chi connectivity index (χ4v) is 2.77. The van der Waals surface area contributed by atoms with Crippen LogP contribution in [0.25, 0.3) is 0 Å². The van der Waals surface area contributed by atoms with Crippen molar-refractivity contribution >= 4 is 28.3 Å². The van der Waals surface area contributed by atoms with E-state index in [-0.39, 0.29) is 0 Å². The van der Waals surface area contributed by atoms with Gasteiger partial charge < -0.3 is 5.32 Å². The number of aliphatic imine (C=N–C) groups is 1. The van der Waals surface area contributed by atoms with E-state index in [0.29, 0.717) is 0 Å². The second-order valence-electron chi connectivity index (χ2n) is 3.49. The summed E-state index contributed by atoms with van der Waals surface area (Å²) in [6.45, 7) is 4.13. The molecule has 0 aliphatic carbocycles. The Bertz CT molecular complexity index is 306. The van der Waals surface area contributed by atoms with Gasteiger partial charge in [0.05, 0.1) is 6.54 Å². The van der Waals surface area contributed by atoms with Gasteiger partial charge in [-0.05, 0) is 17.4 Å². The highest BCUT2D eigenvalue weighted by molar-refractivity contribution is 8.13. The van der Waals surface area contributed by atoms with E-state index >= 15 is 0 Å². The molecule has 14 heavy (non-hydrogen) atoms. The van der Waals surface area contributed by atoms with Crippen LogP contribution in [-0.2, 0) is 6.54 Å². The molecule has 0 spiro atoms. The topological polar surface area (TPSA) is 24.4 Å². The fraction of sp³-hybridized carbons (Fsp3) is 0.500. The van der Waals surface area contributed by atoms with Crippen LogP contribution in [0.5, 0.6) is 0 Å². The lowest BCUT2D eigenvalue weighted by atomic mass is 10.2. The largest absolute Gasteiger partial charge is 0.360 e. The number of nitrogens with one attached hydrogen (secondary N) is 1. The van der Waals surface area contributed by atoms with Crippen LogP contribution in [0.4, 0.5) is 0 Å². The van der Waals surface area contributed by atoms with Gasteiger partial charge in [-0.15, -0.1) is 11.3 Å². The van der Waals surface area contributed by atoms with Gasteiger partial charge in [-0.1, -0.05) is 24.8 Å². The lowest BCUT2D eigenvalue weighted by molar-refractivity contribution is 0.669.